The summed E-state index contributed by atoms with van der Waals surface area (Å²) in [6.45, 7) is 4.28. The highest BCUT2D eigenvalue weighted by atomic mass is 15.1. The minimum absolute atomic E-state index is 0.513. The zero-order valence-corrected chi connectivity index (χ0v) is 8.04. The summed E-state index contributed by atoms with van der Waals surface area (Å²) in [6.07, 6.45) is 0. The first kappa shape index (κ1) is 8.59. The molecule has 13 heavy (non-hydrogen) atoms. The van der Waals surface area contributed by atoms with E-state index in [-0.39, 0.29) is 0 Å². The number of hydrogen-bond donors (Lipinski definition) is 1. The predicted molar refractivity (Wildman–Crippen MR) is 49.8 cm³/mol. The normalized spacial score (nSPS) is 16.2. The van der Waals surface area contributed by atoms with Gasteiger partial charge in [0.05, 0.1) is 11.4 Å². The third-order valence-corrected chi connectivity index (χ3v) is 2.33. The van der Waals surface area contributed by atoms with Gasteiger partial charge in [0, 0.05) is 25.2 Å². The van der Waals surface area contributed by atoms with E-state index in [1.54, 1.807) is 0 Å². The van der Waals surface area contributed by atoms with Gasteiger partial charge in [-0.3, -0.25) is 4.90 Å². The highest BCUT2D eigenvalue weighted by Crippen LogP contribution is 2.21. The molecule has 0 saturated carbocycles. The lowest BCUT2D eigenvalue weighted by molar-refractivity contribution is 0.350. The lowest BCUT2D eigenvalue weighted by atomic mass is 10.2. The van der Waals surface area contributed by atoms with Crippen molar-refractivity contribution < 1.29 is 0 Å². The smallest absolute Gasteiger partial charge is 0.125 e. The Morgan fingerprint density at radius 3 is 2.85 bits per heavy atom. The molecule has 0 bridgehead atoms. The molecule has 4 nitrogen and oxygen atoms in total. The molecule has 1 aliphatic heterocycles. The number of fused-ring (bicyclic) bond motifs is 1. The molecular formula is C9H14N4. The van der Waals surface area contributed by atoms with Crippen LogP contribution in [0.4, 0.5) is 0 Å². The monoisotopic (exact) mass is 178 g/mol. The molecule has 0 aliphatic carbocycles. The van der Waals surface area contributed by atoms with Crippen LogP contribution in [-0.4, -0.2) is 21.9 Å². The standard InChI is InChI=1S/C9H14N4/c1-6-11-8(3-10)7-4-13(2)5-9(7)12-6/h3-5,10H2,1-2H3. The minimum atomic E-state index is 0.513. The Bertz CT molecular complexity index is 335. The fourth-order valence-electron chi connectivity index (χ4n) is 1.78. The van der Waals surface area contributed by atoms with Crippen molar-refractivity contribution in [3.63, 3.8) is 0 Å². The number of rotatable bonds is 1. The van der Waals surface area contributed by atoms with Crippen LogP contribution in [-0.2, 0) is 19.6 Å². The molecule has 1 aromatic rings. The van der Waals surface area contributed by atoms with Gasteiger partial charge in [0.2, 0.25) is 0 Å². The molecule has 1 aliphatic rings. The number of nitrogens with two attached hydrogens (primary N) is 1. The SMILES string of the molecule is Cc1nc(CN)c2c(n1)CN(C)C2. The first-order chi connectivity index (χ1) is 6.20. The van der Waals surface area contributed by atoms with Gasteiger partial charge >= 0.3 is 0 Å². The van der Waals surface area contributed by atoms with Crippen LogP contribution in [0.15, 0.2) is 0 Å². The average Bonchev–Trinajstić information content (AvgIpc) is 2.43. The molecule has 1 aromatic heterocycles. The zero-order valence-electron chi connectivity index (χ0n) is 8.04. The van der Waals surface area contributed by atoms with Gasteiger partial charge in [-0.15, -0.1) is 0 Å². The van der Waals surface area contributed by atoms with Crippen LogP contribution in [0.5, 0.6) is 0 Å². The molecule has 2 rings (SSSR count). The van der Waals surface area contributed by atoms with Crippen LogP contribution in [0.3, 0.4) is 0 Å². The fourth-order valence-corrected chi connectivity index (χ4v) is 1.78. The van der Waals surface area contributed by atoms with Crippen LogP contribution in [0.2, 0.25) is 0 Å². The minimum Gasteiger partial charge on any atom is -0.325 e. The maximum Gasteiger partial charge on any atom is 0.125 e. The summed E-state index contributed by atoms with van der Waals surface area (Å²) in [5, 5.41) is 0. The van der Waals surface area contributed by atoms with Crippen molar-refractivity contribution in [3.05, 3.63) is 22.8 Å². The Hall–Kier alpha value is -1.00. The third-order valence-electron chi connectivity index (χ3n) is 2.33. The van der Waals surface area contributed by atoms with Gasteiger partial charge in [-0.2, -0.15) is 0 Å². The van der Waals surface area contributed by atoms with E-state index in [1.165, 1.54) is 5.56 Å². The molecule has 70 valence electrons. The Morgan fingerprint density at radius 1 is 1.38 bits per heavy atom. The molecule has 0 spiro atoms. The second-order valence-electron chi connectivity index (χ2n) is 3.52. The van der Waals surface area contributed by atoms with Gasteiger partial charge in [0.25, 0.3) is 0 Å². The number of hydrogen-bond acceptors (Lipinski definition) is 4. The Balaban J connectivity index is 2.50. The largest absolute Gasteiger partial charge is 0.325 e. The molecular weight excluding hydrogens is 164 g/mol. The molecule has 0 fully saturated rings. The second kappa shape index (κ2) is 3.05. The fraction of sp³-hybridized carbons (Fsp3) is 0.556. The molecule has 0 aromatic carbocycles. The van der Waals surface area contributed by atoms with Crippen LogP contribution in [0, 0.1) is 6.92 Å². The zero-order chi connectivity index (χ0) is 9.42. The summed E-state index contributed by atoms with van der Waals surface area (Å²) in [4.78, 5) is 11.0. The first-order valence-electron chi connectivity index (χ1n) is 4.44. The lowest BCUT2D eigenvalue weighted by Gasteiger charge is -2.05. The maximum absolute atomic E-state index is 5.63. The van der Waals surface area contributed by atoms with Crippen molar-refractivity contribution in [2.24, 2.45) is 5.73 Å². The molecule has 0 atom stereocenters. The van der Waals surface area contributed by atoms with Gasteiger partial charge in [-0.25, -0.2) is 9.97 Å². The molecule has 2 heterocycles. The van der Waals surface area contributed by atoms with E-state index < -0.39 is 0 Å². The molecule has 0 unspecified atom stereocenters. The van der Waals surface area contributed by atoms with Gasteiger partial charge in [-0.05, 0) is 14.0 Å². The first-order valence-corrected chi connectivity index (χ1v) is 4.44. The maximum atomic E-state index is 5.63. The van der Waals surface area contributed by atoms with Crippen molar-refractivity contribution in [1.29, 1.82) is 0 Å². The van der Waals surface area contributed by atoms with E-state index in [9.17, 15) is 0 Å². The van der Waals surface area contributed by atoms with E-state index in [4.69, 9.17) is 5.73 Å². The topological polar surface area (TPSA) is 55.0 Å². The highest BCUT2D eigenvalue weighted by Gasteiger charge is 2.20. The number of aromatic nitrogens is 2. The van der Waals surface area contributed by atoms with E-state index in [1.807, 2.05) is 6.92 Å². The molecule has 4 heteroatoms. The highest BCUT2D eigenvalue weighted by molar-refractivity contribution is 5.29. The van der Waals surface area contributed by atoms with E-state index in [0.29, 0.717) is 6.54 Å². The summed E-state index contributed by atoms with van der Waals surface area (Å²) in [6, 6.07) is 0. The van der Waals surface area contributed by atoms with E-state index >= 15 is 0 Å². The van der Waals surface area contributed by atoms with Gasteiger partial charge < -0.3 is 5.73 Å². The summed E-state index contributed by atoms with van der Waals surface area (Å²) in [5.41, 5.74) is 9.02. The summed E-state index contributed by atoms with van der Waals surface area (Å²) < 4.78 is 0. The second-order valence-corrected chi connectivity index (χ2v) is 3.52. The Labute approximate surface area is 77.8 Å². The van der Waals surface area contributed by atoms with Crippen LogP contribution in [0.1, 0.15) is 22.8 Å². The quantitative estimate of drug-likeness (QED) is 0.667. The summed E-state index contributed by atoms with van der Waals surface area (Å²) in [5.74, 6) is 0.828. The van der Waals surface area contributed by atoms with Crippen molar-refractivity contribution in [3.8, 4) is 0 Å². The van der Waals surface area contributed by atoms with Crippen molar-refractivity contribution >= 4 is 0 Å². The molecule has 0 radical (unpaired) electrons. The third kappa shape index (κ3) is 1.43. The van der Waals surface area contributed by atoms with Crippen molar-refractivity contribution in [2.75, 3.05) is 7.05 Å². The Morgan fingerprint density at radius 2 is 2.15 bits per heavy atom. The van der Waals surface area contributed by atoms with Gasteiger partial charge in [-0.1, -0.05) is 0 Å². The van der Waals surface area contributed by atoms with Crippen LogP contribution in [0.25, 0.3) is 0 Å². The molecule has 2 N–H and O–H groups in total. The lowest BCUT2D eigenvalue weighted by Crippen LogP contribution is -2.09. The van der Waals surface area contributed by atoms with Crippen LogP contribution < -0.4 is 5.73 Å². The number of aryl methyl sites for hydroxylation is 1. The molecule has 0 amide bonds. The Kier molecular flexibility index (Phi) is 2.01. The van der Waals surface area contributed by atoms with Gasteiger partial charge in [0.1, 0.15) is 5.82 Å². The van der Waals surface area contributed by atoms with Crippen LogP contribution >= 0.6 is 0 Å². The van der Waals surface area contributed by atoms with Gasteiger partial charge in [0.15, 0.2) is 0 Å². The van der Waals surface area contributed by atoms with E-state index in [2.05, 4.69) is 21.9 Å². The number of nitrogens with zero attached hydrogens (tertiary/aromatic N) is 3. The van der Waals surface area contributed by atoms with Crippen molar-refractivity contribution in [1.82, 2.24) is 14.9 Å². The average molecular weight is 178 g/mol. The molecule has 0 saturated heterocycles. The van der Waals surface area contributed by atoms with E-state index in [0.717, 1.165) is 30.3 Å². The predicted octanol–water partition coefficient (Wildman–Crippen LogP) is 0.189. The summed E-state index contributed by atoms with van der Waals surface area (Å²) in [7, 11) is 2.08. The summed E-state index contributed by atoms with van der Waals surface area (Å²) >= 11 is 0. The van der Waals surface area contributed by atoms with Crippen molar-refractivity contribution in [2.45, 2.75) is 26.6 Å².